The van der Waals surface area contributed by atoms with Gasteiger partial charge in [0.2, 0.25) is 11.8 Å². The van der Waals surface area contributed by atoms with Gasteiger partial charge in [-0.1, -0.05) is 43.2 Å². The summed E-state index contributed by atoms with van der Waals surface area (Å²) in [6.07, 6.45) is 7.65. The first kappa shape index (κ1) is 29.4. The molecule has 0 radical (unpaired) electrons. The highest BCUT2D eigenvalue weighted by Gasteiger charge is 2.27. The number of aromatic nitrogens is 1. The summed E-state index contributed by atoms with van der Waals surface area (Å²) in [5.41, 5.74) is 4.16. The van der Waals surface area contributed by atoms with Gasteiger partial charge in [0, 0.05) is 29.1 Å². The molecule has 7 nitrogen and oxygen atoms in total. The summed E-state index contributed by atoms with van der Waals surface area (Å²) in [4.78, 5) is 41.4. The number of aromatic amines is 1. The van der Waals surface area contributed by atoms with Crippen LogP contribution in [0, 0.1) is 6.92 Å². The molecule has 3 aromatic rings. The van der Waals surface area contributed by atoms with Crippen molar-refractivity contribution in [2.24, 2.45) is 0 Å². The first-order chi connectivity index (χ1) is 19.3. The number of ketones is 1. The minimum absolute atomic E-state index is 0.111. The zero-order valence-corrected chi connectivity index (χ0v) is 24.1. The Morgan fingerprint density at radius 3 is 2.45 bits per heavy atom. The number of carbonyl (C=O) groups is 3. The van der Waals surface area contributed by atoms with E-state index in [1.807, 2.05) is 31.2 Å². The summed E-state index contributed by atoms with van der Waals surface area (Å²) in [5.74, 6) is 1.16. The van der Waals surface area contributed by atoms with Gasteiger partial charge in [-0.25, -0.2) is 0 Å². The molecule has 1 fully saturated rings. The monoisotopic (exact) mass is 545 g/mol. The number of unbranched alkanes of at least 4 members (excludes halogenated alkanes) is 2. The second kappa shape index (κ2) is 14.1. The molecule has 40 heavy (non-hydrogen) atoms. The highest BCUT2D eigenvalue weighted by molar-refractivity contribution is 5.93. The van der Waals surface area contributed by atoms with Crippen molar-refractivity contribution in [1.29, 1.82) is 0 Å². The summed E-state index contributed by atoms with van der Waals surface area (Å²) in [7, 11) is 1.63. The van der Waals surface area contributed by atoms with E-state index < -0.39 is 6.04 Å². The van der Waals surface area contributed by atoms with Crippen molar-refractivity contribution in [1.82, 2.24) is 15.6 Å². The standard InChI is InChI=1S/C33H43N3O4/c1-22(37)10-6-4-9-13-31(33(39)35-26-16-14-25(15-17-26)24-11-7-5-8-12-24)36-32(38)21-28-23(2)34-30-19-18-27(40-3)20-29(28)30/h5,7-8,11-12,18-20,25-26,31,34H,4,6,9-10,13-17,21H2,1-3H3,(H,35,39)(H,36,38)/t25?,26?,31-/m0/s1. The molecule has 0 unspecified atom stereocenters. The number of rotatable bonds is 13. The number of hydrogen-bond acceptors (Lipinski definition) is 4. The topological polar surface area (TPSA) is 100 Å². The number of nitrogens with one attached hydrogen (secondary N) is 3. The van der Waals surface area contributed by atoms with Crippen molar-refractivity contribution >= 4 is 28.5 Å². The minimum Gasteiger partial charge on any atom is -0.497 e. The average molecular weight is 546 g/mol. The van der Waals surface area contributed by atoms with Crippen LogP contribution in [-0.4, -0.2) is 41.8 Å². The van der Waals surface area contributed by atoms with Crippen LogP contribution in [0.25, 0.3) is 10.9 Å². The van der Waals surface area contributed by atoms with Gasteiger partial charge >= 0.3 is 0 Å². The van der Waals surface area contributed by atoms with Gasteiger partial charge in [-0.15, -0.1) is 0 Å². The molecule has 1 aliphatic carbocycles. The fraction of sp³-hybridized carbons (Fsp3) is 0.485. The molecular weight excluding hydrogens is 502 g/mol. The molecule has 2 aromatic carbocycles. The van der Waals surface area contributed by atoms with Crippen molar-refractivity contribution in [3.8, 4) is 5.75 Å². The maximum absolute atomic E-state index is 13.4. The third-order valence-electron chi connectivity index (χ3n) is 8.18. The third kappa shape index (κ3) is 7.96. The van der Waals surface area contributed by atoms with Crippen LogP contribution >= 0.6 is 0 Å². The number of methoxy groups -OCH3 is 1. The van der Waals surface area contributed by atoms with Crippen LogP contribution in [0.1, 0.15) is 87.4 Å². The molecule has 1 aromatic heterocycles. The molecule has 7 heteroatoms. The number of fused-ring (bicyclic) bond motifs is 1. The molecule has 0 aliphatic heterocycles. The second-order valence-corrected chi connectivity index (χ2v) is 11.2. The van der Waals surface area contributed by atoms with E-state index in [4.69, 9.17) is 4.74 Å². The molecule has 1 saturated carbocycles. The molecule has 2 amide bonds. The number of hydrogen-bond donors (Lipinski definition) is 3. The molecular formula is C33H43N3O4. The Morgan fingerprint density at radius 2 is 1.75 bits per heavy atom. The molecule has 214 valence electrons. The van der Waals surface area contributed by atoms with Crippen molar-refractivity contribution in [3.05, 3.63) is 65.4 Å². The van der Waals surface area contributed by atoms with E-state index in [2.05, 4.69) is 39.9 Å². The predicted octanol–water partition coefficient (Wildman–Crippen LogP) is 5.89. The molecule has 0 saturated heterocycles. The Kier molecular flexibility index (Phi) is 10.4. The Hall–Kier alpha value is -3.61. The van der Waals surface area contributed by atoms with Crippen LogP contribution in [0.5, 0.6) is 5.75 Å². The van der Waals surface area contributed by atoms with Gasteiger partial charge in [0.25, 0.3) is 0 Å². The van der Waals surface area contributed by atoms with Gasteiger partial charge in [-0.05, 0) is 87.6 Å². The van der Waals surface area contributed by atoms with Crippen molar-refractivity contribution in [3.63, 3.8) is 0 Å². The fourth-order valence-corrected chi connectivity index (χ4v) is 5.89. The summed E-state index contributed by atoms with van der Waals surface area (Å²) >= 11 is 0. The lowest BCUT2D eigenvalue weighted by Gasteiger charge is -2.30. The van der Waals surface area contributed by atoms with Gasteiger partial charge in [0.1, 0.15) is 17.6 Å². The van der Waals surface area contributed by atoms with Gasteiger partial charge < -0.3 is 25.1 Å². The van der Waals surface area contributed by atoms with Crippen molar-refractivity contribution in [2.45, 2.75) is 96.1 Å². The number of ether oxygens (including phenoxy) is 1. The minimum atomic E-state index is -0.600. The smallest absolute Gasteiger partial charge is 0.242 e. The number of Topliss-reactive ketones (excluding diaryl/α,β-unsaturated/α-hetero) is 1. The molecule has 1 aliphatic rings. The number of H-pyrrole nitrogens is 1. The Balaban J connectivity index is 1.37. The Bertz CT molecular complexity index is 1290. The lowest BCUT2D eigenvalue weighted by Crippen LogP contribution is -2.50. The number of benzene rings is 2. The van der Waals surface area contributed by atoms with E-state index in [1.54, 1.807) is 14.0 Å². The molecule has 0 bridgehead atoms. The van der Waals surface area contributed by atoms with E-state index >= 15 is 0 Å². The Morgan fingerprint density at radius 1 is 1.00 bits per heavy atom. The van der Waals surface area contributed by atoms with Crippen LogP contribution in [0.4, 0.5) is 0 Å². The summed E-state index contributed by atoms with van der Waals surface area (Å²) in [6, 6.07) is 15.9. The number of carbonyl (C=O) groups excluding carboxylic acids is 3. The lowest BCUT2D eigenvalue weighted by atomic mass is 9.81. The van der Waals surface area contributed by atoms with Crippen LogP contribution in [0.3, 0.4) is 0 Å². The van der Waals surface area contributed by atoms with E-state index in [-0.39, 0.29) is 30.1 Å². The molecule has 1 atom stereocenters. The summed E-state index contributed by atoms with van der Waals surface area (Å²) in [5, 5.41) is 7.23. The number of aryl methyl sites for hydroxylation is 1. The lowest BCUT2D eigenvalue weighted by molar-refractivity contribution is -0.129. The normalized spacial score (nSPS) is 17.8. The SMILES string of the molecule is COc1ccc2[nH]c(C)c(CC(=O)N[C@@H](CCCCCC(C)=O)C(=O)NC3CCC(c4ccccc4)CC3)c2c1. The van der Waals surface area contributed by atoms with Gasteiger partial charge in [-0.3, -0.25) is 9.59 Å². The average Bonchev–Trinajstić information content (AvgIpc) is 3.26. The quantitative estimate of drug-likeness (QED) is 0.233. The van der Waals surface area contributed by atoms with Gasteiger partial charge in [0.15, 0.2) is 0 Å². The fourth-order valence-electron chi connectivity index (χ4n) is 5.89. The largest absolute Gasteiger partial charge is 0.497 e. The van der Waals surface area contributed by atoms with Crippen molar-refractivity contribution in [2.75, 3.05) is 7.11 Å². The maximum Gasteiger partial charge on any atom is 0.242 e. The summed E-state index contributed by atoms with van der Waals surface area (Å²) < 4.78 is 5.38. The first-order valence-electron chi connectivity index (χ1n) is 14.6. The van der Waals surface area contributed by atoms with E-state index in [1.165, 1.54) is 5.56 Å². The highest BCUT2D eigenvalue weighted by Crippen LogP contribution is 2.33. The van der Waals surface area contributed by atoms with Crippen LogP contribution < -0.4 is 15.4 Å². The van der Waals surface area contributed by atoms with Crippen LogP contribution in [0.2, 0.25) is 0 Å². The first-order valence-corrected chi connectivity index (χ1v) is 14.6. The molecule has 1 heterocycles. The van der Waals surface area contributed by atoms with Gasteiger partial charge in [0.05, 0.1) is 13.5 Å². The van der Waals surface area contributed by atoms with Gasteiger partial charge in [-0.2, -0.15) is 0 Å². The summed E-state index contributed by atoms with van der Waals surface area (Å²) in [6.45, 7) is 3.56. The second-order valence-electron chi connectivity index (χ2n) is 11.2. The zero-order valence-electron chi connectivity index (χ0n) is 24.1. The van der Waals surface area contributed by atoms with Crippen LogP contribution in [0.15, 0.2) is 48.5 Å². The van der Waals surface area contributed by atoms with Crippen LogP contribution in [-0.2, 0) is 20.8 Å². The maximum atomic E-state index is 13.4. The van der Waals surface area contributed by atoms with E-state index in [0.717, 1.165) is 72.9 Å². The van der Waals surface area contributed by atoms with E-state index in [0.29, 0.717) is 18.8 Å². The van der Waals surface area contributed by atoms with E-state index in [9.17, 15) is 14.4 Å². The third-order valence-corrected chi connectivity index (χ3v) is 8.18. The molecule has 0 spiro atoms. The molecule has 3 N–H and O–H groups in total. The van der Waals surface area contributed by atoms with Crippen molar-refractivity contribution < 1.29 is 19.1 Å². The molecule has 4 rings (SSSR count). The predicted molar refractivity (Wildman–Crippen MR) is 159 cm³/mol. The Labute approximate surface area is 237 Å². The highest BCUT2D eigenvalue weighted by atomic mass is 16.5. The number of amides is 2. The zero-order chi connectivity index (χ0) is 28.5.